The van der Waals surface area contributed by atoms with E-state index in [2.05, 4.69) is 15.4 Å². The van der Waals surface area contributed by atoms with Crippen LogP contribution in [0.15, 0.2) is 18.3 Å². The Kier molecular flexibility index (Phi) is 3.47. The summed E-state index contributed by atoms with van der Waals surface area (Å²) in [6.07, 6.45) is 1.77. The molecule has 0 saturated heterocycles. The van der Waals surface area contributed by atoms with Crippen molar-refractivity contribution in [2.75, 3.05) is 19.2 Å². The van der Waals surface area contributed by atoms with Gasteiger partial charge in [0.05, 0.1) is 24.7 Å². The van der Waals surface area contributed by atoms with Crippen LogP contribution in [-0.4, -0.2) is 33.7 Å². The molecule has 0 bridgehead atoms. The molecule has 0 amide bonds. The molecule has 2 aromatic rings. The Balaban J connectivity index is 2.44. The quantitative estimate of drug-likeness (QED) is 0.794. The Hall–Kier alpha value is -2.08. The van der Waals surface area contributed by atoms with Gasteiger partial charge in [-0.2, -0.15) is 5.10 Å². The van der Waals surface area contributed by atoms with E-state index >= 15 is 0 Å². The molecule has 2 N–H and O–H groups in total. The van der Waals surface area contributed by atoms with Crippen LogP contribution in [0.25, 0.3) is 11.3 Å². The predicted octanol–water partition coefficient (Wildman–Crippen LogP) is 1.16. The lowest BCUT2D eigenvalue weighted by Gasteiger charge is -2.09. The number of rotatable bonds is 4. The topological polar surface area (TPSA) is 72.2 Å². The molecule has 2 heterocycles. The molecule has 0 fully saturated rings. The number of ether oxygens (including phenoxy) is 1. The van der Waals surface area contributed by atoms with Crippen LogP contribution in [0.3, 0.4) is 0 Å². The third-order valence-electron chi connectivity index (χ3n) is 2.83. The van der Waals surface area contributed by atoms with Gasteiger partial charge in [-0.25, -0.2) is 4.98 Å². The second-order valence-corrected chi connectivity index (χ2v) is 3.86. The molecule has 6 heteroatoms. The summed E-state index contributed by atoms with van der Waals surface area (Å²) in [5.74, 6) is 0.449. The zero-order valence-electron chi connectivity index (χ0n) is 10.6. The molecule has 0 saturated carbocycles. The summed E-state index contributed by atoms with van der Waals surface area (Å²) < 4.78 is 6.99. The van der Waals surface area contributed by atoms with Gasteiger partial charge in [-0.05, 0) is 19.1 Å². The fourth-order valence-corrected chi connectivity index (χ4v) is 1.72. The molecule has 0 atom stereocenters. The molecule has 0 spiro atoms. The number of pyridine rings is 1. The van der Waals surface area contributed by atoms with Crippen molar-refractivity contribution in [3.8, 4) is 17.1 Å². The average molecular weight is 248 g/mol. The number of aliphatic hydroxyl groups excluding tert-OH is 1. The van der Waals surface area contributed by atoms with Gasteiger partial charge >= 0.3 is 0 Å². The van der Waals surface area contributed by atoms with E-state index in [0.29, 0.717) is 11.6 Å². The van der Waals surface area contributed by atoms with E-state index in [-0.39, 0.29) is 6.73 Å². The Labute approximate surface area is 105 Å². The minimum absolute atomic E-state index is 0.163. The van der Waals surface area contributed by atoms with E-state index in [1.807, 2.05) is 26.1 Å². The molecule has 6 nitrogen and oxygen atoms in total. The molecule has 0 unspecified atom stereocenters. The van der Waals surface area contributed by atoms with Crippen LogP contribution in [0.2, 0.25) is 0 Å². The van der Waals surface area contributed by atoms with Gasteiger partial charge in [0.2, 0.25) is 5.88 Å². The number of nitrogens with one attached hydrogen (secondary N) is 1. The van der Waals surface area contributed by atoms with Gasteiger partial charge in [-0.1, -0.05) is 0 Å². The Morgan fingerprint density at radius 1 is 1.44 bits per heavy atom. The predicted molar refractivity (Wildman–Crippen MR) is 68.4 cm³/mol. The third-order valence-corrected chi connectivity index (χ3v) is 2.83. The number of aliphatic hydroxyl groups is 1. The van der Waals surface area contributed by atoms with Crippen LogP contribution < -0.4 is 10.1 Å². The molecule has 2 aromatic heterocycles. The number of aromatic nitrogens is 3. The second kappa shape index (κ2) is 5.05. The van der Waals surface area contributed by atoms with Crippen LogP contribution in [0.1, 0.15) is 5.69 Å². The maximum absolute atomic E-state index is 8.87. The van der Waals surface area contributed by atoms with Crippen molar-refractivity contribution in [2.24, 2.45) is 7.05 Å². The first-order valence-corrected chi connectivity index (χ1v) is 5.56. The van der Waals surface area contributed by atoms with Crippen LogP contribution in [0.5, 0.6) is 5.88 Å². The molecule has 0 aliphatic carbocycles. The van der Waals surface area contributed by atoms with Crippen LogP contribution >= 0.6 is 0 Å². The molecule has 0 aromatic carbocycles. The number of nitrogens with zero attached hydrogens (tertiary/aromatic N) is 3. The third kappa shape index (κ3) is 2.14. The van der Waals surface area contributed by atoms with Crippen molar-refractivity contribution < 1.29 is 9.84 Å². The highest BCUT2D eigenvalue weighted by Gasteiger charge is 2.11. The second-order valence-electron chi connectivity index (χ2n) is 3.86. The number of hydrogen-bond donors (Lipinski definition) is 2. The normalized spacial score (nSPS) is 10.4. The first kappa shape index (κ1) is 12.4. The van der Waals surface area contributed by atoms with Crippen molar-refractivity contribution in [2.45, 2.75) is 6.92 Å². The van der Waals surface area contributed by atoms with E-state index in [0.717, 1.165) is 17.0 Å². The van der Waals surface area contributed by atoms with Crippen molar-refractivity contribution in [1.82, 2.24) is 14.8 Å². The first-order valence-electron chi connectivity index (χ1n) is 5.56. The molecule has 2 rings (SSSR count). The van der Waals surface area contributed by atoms with Gasteiger partial charge in [0.1, 0.15) is 6.73 Å². The summed E-state index contributed by atoms with van der Waals surface area (Å²) in [5, 5.41) is 15.8. The molecule has 0 radical (unpaired) electrons. The number of anilines is 1. The van der Waals surface area contributed by atoms with Crippen LogP contribution in [0, 0.1) is 6.92 Å². The zero-order chi connectivity index (χ0) is 13.1. The molecule has 0 aliphatic heterocycles. The lowest BCUT2D eigenvalue weighted by Crippen LogP contribution is -2.03. The molecular formula is C12H16N4O2. The molecule has 18 heavy (non-hydrogen) atoms. The first-order chi connectivity index (χ1) is 8.67. The summed E-state index contributed by atoms with van der Waals surface area (Å²) in [6, 6.07) is 3.69. The summed E-state index contributed by atoms with van der Waals surface area (Å²) in [7, 11) is 3.43. The average Bonchev–Trinajstić information content (AvgIpc) is 2.71. The van der Waals surface area contributed by atoms with E-state index < -0.39 is 0 Å². The Morgan fingerprint density at radius 3 is 2.78 bits per heavy atom. The van der Waals surface area contributed by atoms with Crippen molar-refractivity contribution in [3.05, 3.63) is 24.0 Å². The van der Waals surface area contributed by atoms with Crippen molar-refractivity contribution in [1.29, 1.82) is 0 Å². The van der Waals surface area contributed by atoms with Gasteiger partial charge in [-0.15, -0.1) is 0 Å². The fourth-order valence-electron chi connectivity index (χ4n) is 1.72. The van der Waals surface area contributed by atoms with E-state index in [1.165, 1.54) is 0 Å². The van der Waals surface area contributed by atoms with Gasteiger partial charge in [0.25, 0.3) is 0 Å². The lowest BCUT2D eigenvalue weighted by atomic mass is 10.1. The van der Waals surface area contributed by atoms with E-state index in [4.69, 9.17) is 9.84 Å². The minimum atomic E-state index is -0.163. The molecular weight excluding hydrogens is 232 g/mol. The van der Waals surface area contributed by atoms with E-state index in [9.17, 15) is 0 Å². The van der Waals surface area contributed by atoms with Gasteiger partial charge < -0.3 is 15.2 Å². The molecule has 96 valence electrons. The Morgan fingerprint density at radius 2 is 2.22 bits per heavy atom. The number of aryl methyl sites for hydroxylation is 1. The number of methoxy groups -OCH3 is 1. The lowest BCUT2D eigenvalue weighted by molar-refractivity contribution is 0.323. The highest BCUT2D eigenvalue weighted by atomic mass is 16.5. The minimum Gasteiger partial charge on any atom is -0.480 e. The standard InChI is InChI=1S/C12H16N4O2/c1-8-9(6-14-16(8)2)10-4-5-11(13-7-17)12(15-10)18-3/h4-6,13,17H,7H2,1-3H3. The van der Waals surface area contributed by atoms with Gasteiger partial charge in [-0.3, -0.25) is 4.68 Å². The highest BCUT2D eigenvalue weighted by Crippen LogP contribution is 2.28. The van der Waals surface area contributed by atoms with Gasteiger partial charge in [0, 0.05) is 18.3 Å². The maximum Gasteiger partial charge on any atom is 0.237 e. The van der Waals surface area contributed by atoms with Crippen molar-refractivity contribution >= 4 is 5.69 Å². The summed E-state index contributed by atoms with van der Waals surface area (Å²) in [5.41, 5.74) is 3.45. The largest absolute Gasteiger partial charge is 0.480 e. The molecule has 0 aliphatic rings. The highest BCUT2D eigenvalue weighted by molar-refractivity contribution is 5.65. The van der Waals surface area contributed by atoms with Crippen LogP contribution in [0.4, 0.5) is 5.69 Å². The monoisotopic (exact) mass is 248 g/mol. The summed E-state index contributed by atoms with van der Waals surface area (Å²) in [4.78, 5) is 4.41. The maximum atomic E-state index is 8.87. The van der Waals surface area contributed by atoms with Crippen molar-refractivity contribution in [3.63, 3.8) is 0 Å². The number of hydrogen-bond acceptors (Lipinski definition) is 5. The summed E-state index contributed by atoms with van der Waals surface area (Å²) in [6.45, 7) is 1.82. The SMILES string of the molecule is COc1nc(-c2cnn(C)c2C)ccc1NCO. The smallest absolute Gasteiger partial charge is 0.237 e. The fraction of sp³-hybridized carbons (Fsp3) is 0.333. The Bertz CT molecular complexity index is 551. The zero-order valence-corrected chi connectivity index (χ0v) is 10.6. The van der Waals surface area contributed by atoms with Gasteiger partial charge in [0.15, 0.2) is 0 Å². The van der Waals surface area contributed by atoms with E-state index in [1.54, 1.807) is 18.0 Å². The summed E-state index contributed by atoms with van der Waals surface area (Å²) >= 11 is 0. The van der Waals surface area contributed by atoms with Crippen LogP contribution in [-0.2, 0) is 7.05 Å².